The molecule has 3 N–H and O–H groups in total. The molecule has 1 aromatic heterocycles. The Morgan fingerprint density at radius 1 is 1.47 bits per heavy atom. The zero-order chi connectivity index (χ0) is 12.8. The fourth-order valence-corrected chi connectivity index (χ4v) is 1.77. The summed E-state index contributed by atoms with van der Waals surface area (Å²) in [6, 6.07) is 3.82. The lowest BCUT2D eigenvalue weighted by Crippen LogP contribution is -2.36. The summed E-state index contributed by atoms with van der Waals surface area (Å²) in [4.78, 5) is 16.3. The van der Waals surface area contributed by atoms with Gasteiger partial charge in [0.25, 0.3) is 5.91 Å². The predicted molar refractivity (Wildman–Crippen MR) is 68.9 cm³/mol. The Balaban J connectivity index is 2.75. The van der Waals surface area contributed by atoms with Crippen LogP contribution in [-0.4, -0.2) is 23.5 Å². The molecule has 0 radical (unpaired) electrons. The highest BCUT2D eigenvalue weighted by molar-refractivity contribution is 5.95. The fourth-order valence-electron chi connectivity index (χ4n) is 1.77. The van der Waals surface area contributed by atoms with Crippen LogP contribution in [0.4, 0.5) is 0 Å². The number of carbonyl (C=O) groups is 1. The first-order valence-electron chi connectivity index (χ1n) is 6.03. The summed E-state index contributed by atoms with van der Waals surface area (Å²) in [5, 5.41) is 2.99. The van der Waals surface area contributed by atoms with Crippen molar-refractivity contribution in [2.45, 2.75) is 39.7 Å². The van der Waals surface area contributed by atoms with Crippen LogP contribution in [0.2, 0.25) is 0 Å². The van der Waals surface area contributed by atoms with Crippen molar-refractivity contribution < 1.29 is 4.79 Å². The summed E-state index contributed by atoms with van der Waals surface area (Å²) in [5.41, 5.74) is 7.84. The Kier molecular flexibility index (Phi) is 5.10. The maximum absolute atomic E-state index is 12.0. The van der Waals surface area contributed by atoms with Crippen LogP contribution in [-0.2, 0) is 0 Å². The van der Waals surface area contributed by atoms with E-state index in [0.717, 1.165) is 24.2 Å². The molecule has 1 aromatic rings. The second-order valence-corrected chi connectivity index (χ2v) is 4.24. The number of carbonyl (C=O) groups excluding carboxylic acids is 1. The van der Waals surface area contributed by atoms with Gasteiger partial charge in [0.2, 0.25) is 0 Å². The van der Waals surface area contributed by atoms with Crippen molar-refractivity contribution >= 4 is 5.91 Å². The highest BCUT2D eigenvalue weighted by atomic mass is 16.1. The zero-order valence-corrected chi connectivity index (χ0v) is 10.8. The SMILES string of the molecule is CCC(CCN)NC(=O)c1ccc(C)nc1C. The lowest BCUT2D eigenvalue weighted by atomic mass is 10.1. The molecule has 17 heavy (non-hydrogen) atoms. The average Bonchev–Trinajstić information content (AvgIpc) is 2.28. The maximum atomic E-state index is 12.0. The third-order valence-electron chi connectivity index (χ3n) is 2.81. The van der Waals surface area contributed by atoms with E-state index in [1.807, 2.05) is 32.9 Å². The molecule has 0 aromatic carbocycles. The van der Waals surface area contributed by atoms with Gasteiger partial charge in [-0.2, -0.15) is 0 Å². The quantitative estimate of drug-likeness (QED) is 0.813. The summed E-state index contributed by atoms with van der Waals surface area (Å²) in [7, 11) is 0. The second-order valence-electron chi connectivity index (χ2n) is 4.24. The Hall–Kier alpha value is -1.42. The largest absolute Gasteiger partial charge is 0.349 e. The van der Waals surface area contributed by atoms with Gasteiger partial charge in [0.05, 0.1) is 11.3 Å². The van der Waals surface area contributed by atoms with Gasteiger partial charge in [-0.15, -0.1) is 0 Å². The number of aromatic nitrogens is 1. The lowest BCUT2D eigenvalue weighted by Gasteiger charge is -2.16. The first-order valence-corrected chi connectivity index (χ1v) is 6.03. The van der Waals surface area contributed by atoms with E-state index in [1.165, 1.54) is 0 Å². The molecular formula is C13H21N3O. The second kappa shape index (κ2) is 6.35. The first-order chi connectivity index (χ1) is 8.08. The molecule has 4 heteroatoms. The number of rotatable bonds is 5. The molecule has 1 atom stereocenters. The van der Waals surface area contributed by atoms with Gasteiger partial charge in [-0.1, -0.05) is 6.92 Å². The Morgan fingerprint density at radius 2 is 2.18 bits per heavy atom. The molecule has 0 aliphatic carbocycles. The normalized spacial score (nSPS) is 12.2. The highest BCUT2D eigenvalue weighted by Gasteiger charge is 2.13. The van der Waals surface area contributed by atoms with Crippen LogP contribution in [0.3, 0.4) is 0 Å². The molecule has 1 amide bonds. The Labute approximate surface area is 103 Å². The third kappa shape index (κ3) is 3.82. The van der Waals surface area contributed by atoms with Crippen LogP contribution in [0.25, 0.3) is 0 Å². The number of hydrogen-bond donors (Lipinski definition) is 2. The summed E-state index contributed by atoms with van der Waals surface area (Å²) < 4.78 is 0. The van der Waals surface area contributed by atoms with Crippen molar-refractivity contribution in [3.8, 4) is 0 Å². The molecule has 94 valence electrons. The molecule has 0 saturated carbocycles. The summed E-state index contributed by atoms with van der Waals surface area (Å²) in [5.74, 6) is -0.0599. The van der Waals surface area contributed by atoms with Crippen LogP contribution in [0.1, 0.15) is 41.5 Å². The standard InChI is InChI=1S/C13H21N3O/c1-4-11(7-8-14)16-13(17)12-6-5-9(2)15-10(12)3/h5-6,11H,4,7-8,14H2,1-3H3,(H,16,17). The molecule has 0 spiro atoms. The van der Waals surface area contributed by atoms with Crippen LogP contribution in [0.15, 0.2) is 12.1 Å². The van der Waals surface area contributed by atoms with Gasteiger partial charge in [0.15, 0.2) is 0 Å². The maximum Gasteiger partial charge on any atom is 0.253 e. The van der Waals surface area contributed by atoms with Crippen LogP contribution in [0.5, 0.6) is 0 Å². The molecule has 1 unspecified atom stereocenters. The number of nitrogens with two attached hydrogens (primary N) is 1. The van der Waals surface area contributed by atoms with Gasteiger partial charge in [-0.3, -0.25) is 9.78 Å². The fraction of sp³-hybridized carbons (Fsp3) is 0.538. The number of hydrogen-bond acceptors (Lipinski definition) is 3. The van der Waals surface area contributed by atoms with E-state index in [0.29, 0.717) is 12.1 Å². The van der Waals surface area contributed by atoms with E-state index in [1.54, 1.807) is 0 Å². The lowest BCUT2D eigenvalue weighted by molar-refractivity contribution is 0.0933. The number of pyridine rings is 1. The number of amides is 1. The Bertz CT molecular complexity index is 390. The van der Waals surface area contributed by atoms with Crippen LogP contribution >= 0.6 is 0 Å². The topological polar surface area (TPSA) is 68.0 Å². The average molecular weight is 235 g/mol. The number of nitrogens with one attached hydrogen (secondary N) is 1. The van der Waals surface area contributed by atoms with E-state index in [4.69, 9.17) is 5.73 Å². The van der Waals surface area contributed by atoms with E-state index < -0.39 is 0 Å². The van der Waals surface area contributed by atoms with E-state index in [9.17, 15) is 4.79 Å². The molecular weight excluding hydrogens is 214 g/mol. The van der Waals surface area contributed by atoms with Crippen molar-refractivity contribution in [2.24, 2.45) is 5.73 Å². The molecule has 0 aliphatic heterocycles. The Morgan fingerprint density at radius 3 is 2.71 bits per heavy atom. The minimum absolute atomic E-state index is 0.0599. The zero-order valence-electron chi connectivity index (χ0n) is 10.8. The van der Waals surface area contributed by atoms with Gasteiger partial charge in [-0.05, 0) is 45.4 Å². The monoisotopic (exact) mass is 235 g/mol. The first kappa shape index (κ1) is 13.6. The molecule has 1 rings (SSSR count). The number of aryl methyl sites for hydroxylation is 2. The third-order valence-corrected chi connectivity index (χ3v) is 2.81. The minimum Gasteiger partial charge on any atom is -0.349 e. The molecule has 0 bridgehead atoms. The van der Waals surface area contributed by atoms with E-state index in [-0.39, 0.29) is 11.9 Å². The molecule has 4 nitrogen and oxygen atoms in total. The molecule has 0 saturated heterocycles. The smallest absolute Gasteiger partial charge is 0.253 e. The van der Waals surface area contributed by atoms with Gasteiger partial charge in [-0.25, -0.2) is 0 Å². The van der Waals surface area contributed by atoms with Crippen molar-refractivity contribution in [3.63, 3.8) is 0 Å². The summed E-state index contributed by atoms with van der Waals surface area (Å²) >= 11 is 0. The minimum atomic E-state index is -0.0599. The van der Waals surface area contributed by atoms with Crippen molar-refractivity contribution in [3.05, 3.63) is 29.1 Å². The van der Waals surface area contributed by atoms with Gasteiger partial charge in [0, 0.05) is 11.7 Å². The molecule has 0 fully saturated rings. The van der Waals surface area contributed by atoms with Gasteiger partial charge < -0.3 is 11.1 Å². The van der Waals surface area contributed by atoms with Crippen molar-refractivity contribution in [2.75, 3.05) is 6.54 Å². The van der Waals surface area contributed by atoms with Gasteiger partial charge >= 0.3 is 0 Å². The predicted octanol–water partition coefficient (Wildman–Crippen LogP) is 1.56. The van der Waals surface area contributed by atoms with Crippen molar-refractivity contribution in [1.82, 2.24) is 10.3 Å². The number of nitrogens with zero attached hydrogens (tertiary/aromatic N) is 1. The van der Waals surface area contributed by atoms with Crippen molar-refractivity contribution in [1.29, 1.82) is 0 Å². The molecule has 1 heterocycles. The molecule has 0 aliphatic rings. The van der Waals surface area contributed by atoms with E-state index >= 15 is 0 Å². The van der Waals surface area contributed by atoms with Gasteiger partial charge in [0.1, 0.15) is 0 Å². The van der Waals surface area contributed by atoms with Crippen LogP contribution in [0, 0.1) is 13.8 Å². The van der Waals surface area contributed by atoms with Crippen LogP contribution < -0.4 is 11.1 Å². The summed E-state index contributed by atoms with van der Waals surface area (Å²) in [6.07, 6.45) is 1.70. The summed E-state index contributed by atoms with van der Waals surface area (Å²) in [6.45, 7) is 6.40. The van der Waals surface area contributed by atoms with E-state index in [2.05, 4.69) is 10.3 Å². The highest BCUT2D eigenvalue weighted by Crippen LogP contribution is 2.07.